The lowest BCUT2D eigenvalue weighted by molar-refractivity contribution is 0.418. The van der Waals surface area contributed by atoms with Crippen LogP contribution in [0.3, 0.4) is 0 Å². The lowest BCUT2D eigenvalue weighted by Gasteiger charge is -1.94. The lowest BCUT2D eigenvalue weighted by Crippen LogP contribution is -1.76. The van der Waals surface area contributed by atoms with E-state index in [9.17, 15) is 0 Å². The minimum atomic E-state index is 0.889. The molecule has 3 aromatic heterocycles. The Morgan fingerprint density at radius 2 is 2.08 bits per heavy atom. The third-order valence-electron chi connectivity index (χ3n) is 3.01. The largest absolute Gasteiger partial charge is 0.364 e. The zero-order chi connectivity index (χ0) is 17.2. The number of thiophene rings is 1. The molecule has 3 rings (SSSR count). The standard InChI is InChI=1S/C10H9NS.C9H11NOS/c1-8-5-6-10(12-8)9-4-2-3-7-11-9;1-3-4-5-9(12-2)8-6-7-11-10-8/h2-7H,1H3;3-7H,1-2H3/b;4-3+,9-5-. The van der Waals surface area contributed by atoms with Crippen LogP contribution < -0.4 is 0 Å². The predicted octanol–water partition coefficient (Wildman–Crippen LogP) is 6.07. The third-order valence-corrected chi connectivity index (χ3v) is 4.82. The molecule has 0 amide bonds. The van der Waals surface area contributed by atoms with Crippen LogP contribution in [0.25, 0.3) is 15.5 Å². The van der Waals surface area contributed by atoms with Crippen molar-refractivity contribution in [3.05, 3.63) is 77.7 Å². The van der Waals surface area contributed by atoms with E-state index >= 15 is 0 Å². The van der Waals surface area contributed by atoms with Gasteiger partial charge in [0.05, 0.1) is 10.6 Å². The zero-order valence-corrected chi connectivity index (χ0v) is 15.6. The molecule has 0 N–H and O–H groups in total. The van der Waals surface area contributed by atoms with E-state index in [0.29, 0.717) is 0 Å². The van der Waals surface area contributed by atoms with Gasteiger partial charge < -0.3 is 4.52 Å². The molecule has 0 atom stereocenters. The molecule has 0 aromatic carbocycles. The van der Waals surface area contributed by atoms with Gasteiger partial charge in [-0.3, -0.25) is 4.98 Å². The number of allylic oxidation sites excluding steroid dienone is 3. The topological polar surface area (TPSA) is 38.9 Å². The molecule has 0 radical (unpaired) electrons. The minimum Gasteiger partial charge on any atom is -0.364 e. The number of aromatic nitrogens is 2. The van der Waals surface area contributed by atoms with Gasteiger partial charge >= 0.3 is 0 Å². The summed E-state index contributed by atoms with van der Waals surface area (Å²) in [6.07, 6.45) is 11.4. The SMILES string of the molecule is C/C=C/C=C(\SC)c1ccon1.Cc1ccc(-c2ccccn2)s1. The Kier molecular flexibility index (Phi) is 7.52. The van der Waals surface area contributed by atoms with Crippen LogP contribution in [0, 0.1) is 6.92 Å². The van der Waals surface area contributed by atoms with E-state index in [-0.39, 0.29) is 0 Å². The van der Waals surface area contributed by atoms with Crippen molar-refractivity contribution in [1.82, 2.24) is 10.1 Å². The summed E-state index contributed by atoms with van der Waals surface area (Å²) in [5, 5.41) is 3.84. The molecule has 3 heterocycles. The Morgan fingerprint density at radius 3 is 2.62 bits per heavy atom. The van der Waals surface area contributed by atoms with Crippen LogP contribution in [0.5, 0.6) is 0 Å². The van der Waals surface area contributed by atoms with Gasteiger partial charge in [0, 0.05) is 22.0 Å². The Morgan fingerprint density at radius 1 is 1.21 bits per heavy atom. The Balaban J connectivity index is 0.000000174. The van der Waals surface area contributed by atoms with Crippen LogP contribution in [0.1, 0.15) is 17.5 Å². The van der Waals surface area contributed by atoms with Crippen molar-refractivity contribution in [1.29, 1.82) is 0 Å². The molecule has 24 heavy (non-hydrogen) atoms. The second-order valence-corrected chi connectivity index (χ2v) is 6.91. The molecule has 0 bridgehead atoms. The second-order valence-electron chi connectivity index (χ2n) is 4.77. The van der Waals surface area contributed by atoms with E-state index in [0.717, 1.165) is 16.3 Å². The van der Waals surface area contributed by atoms with E-state index < -0.39 is 0 Å². The number of pyridine rings is 1. The summed E-state index contributed by atoms with van der Waals surface area (Å²) in [7, 11) is 0. The summed E-state index contributed by atoms with van der Waals surface area (Å²) in [6.45, 7) is 4.09. The average molecular weight is 357 g/mol. The molecule has 0 aliphatic rings. The first kappa shape index (κ1) is 18.2. The Labute approximate surface area is 151 Å². The summed E-state index contributed by atoms with van der Waals surface area (Å²) in [4.78, 5) is 7.96. The van der Waals surface area contributed by atoms with Gasteiger partial charge in [-0.1, -0.05) is 23.4 Å². The van der Waals surface area contributed by atoms with Crippen molar-refractivity contribution in [3.8, 4) is 10.6 Å². The van der Waals surface area contributed by atoms with E-state index in [1.54, 1.807) is 29.4 Å². The van der Waals surface area contributed by atoms with Crippen LogP contribution in [0.15, 0.2) is 71.6 Å². The quantitative estimate of drug-likeness (QED) is 0.532. The summed E-state index contributed by atoms with van der Waals surface area (Å²) in [6, 6.07) is 12.1. The summed E-state index contributed by atoms with van der Waals surface area (Å²) in [5.74, 6) is 0. The average Bonchev–Trinajstić information content (AvgIpc) is 3.29. The maximum Gasteiger partial charge on any atom is 0.124 e. The smallest absolute Gasteiger partial charge is 0.124 e. The zero-order valence-electron chi connectivity index (χ0n) is 14.0. The Hall–Kier alpha value is -2.11. The molecule has 0 aliphatic heterocycles. The third kappa shape index (κ3) is 5.51. The number of rotatable bonds is 4. The summed E-state index contributed by atoms with van der Waals surface area (Å²) < 4.78 is 4.75. The fraction of sp³-hybridized carbons (Fsp3) is 0.158. The molecule has 0 saturated heterocycles. The highest BCUT2D eigenvalue weighted by Gasteiger charge is 2.01. The highest BCUT2D eigenvalue weighted by atomic mass is 32.2. The monoisotopic (exact) mass is 356 g/mol. The van der Waals surface area contributed by atoms with E-state index in [1.807, 2.05) is 61.9 Å². The van der Waals surface area contributed by atoms with Gasteiger partial charge in [-0.05, 0) is 50.4 Å². The fourth-order valence-electron chi connectivity index (χ4n) is 1.86. The molecule has 3 aromatic rings. The van der Waals surface area contributed by atoms with Crippen molar-refractivity contribution in [2.45, 2.75) is 13.8 Å². The maximum atomic E-state index is 4.75. The fourth-order valence-corrected chi connectivity index (χ4v) is 3.24. The second kappa shape index (κ2) is 9.90. The minimum absolute atomic E-state index is 0.889. The van der Waals surface area contributed by atoms with Crippen LogP contribution in [-0.4, -0.2) is 16.4 Å². The van der Waals surface area contributed by atoms with Crippen molar-refractivity contribution in [2.24, 2.45) is 0 Å². The molecule has 0 fully saturated rings. The molecular formula is C19H20N2OS2. The predicted molar refractivity (Wildman–Crippen MR) is 105 cm³/mol. The molecule has 0 aliphatic carbocycles. The van der Waals surface area contributed by atoms with Crippen LogP contribution in [0.2, 0.25) is 0 Å². The van der Waals surface area contributed by atoms with Gasteiger partial charge in [-0.15, -0.1) is 23.1 Å². The number of thioether (sulfide) groups is 1. The summed E-state index contributed by atoms with van der Waals surface area (Å²) in [5.41, 5.74) is 1.95. The summed E-state index contributed by atoms with van der Waals surface area (Å²) >= 11 is 3.43. The number of hydrogen-bond acceptors (Lipinski definition) is 5. The first-order valence-electron chi connectivity index (χ1n) is 7.50. The number of nitrogens with zero attached hydrogens (tertiary/aromatic N) is 2. The molecule has 0 spiro atoms. The molecule has 3 nitrogen and oxygen atoms in total. The molecular weight excluding hydrogens is 336 g/mol. The van der Waals surface area contributed by atoms with Gasteiger partial charge in [-0.2, -0.15) is 0 Å². The van der Waals surface area contributed by atoms with Crippen LogP contribution in [0.4, 0.5) is 0 Å². The van der Waals surface area contributed by atoms with E-state index in [1.165, 1.54) is 9.75 Å². The van der Waals surface area contributed by atoms with Gasteiger partial charge in [0.1, 0.15) is 12.0 Å². The van der Waals surface area contributed by atoms with Gasteiger partial charge in [0.2, 0.25) is 0 Å². The molecule has 0 saturated carbocycles. The van der Waals surface area contributed by atoms with Gasteiger partial charge in [-0.25, -0.2) is 0 Å². The lowest BCUT2D eigenvalue weighted by atomic mass is 10.3. The Bertz CT molecular complexity index is 775. The van der Waals surface area contributed by atoms with Crippen molar-refractivity contribution >= 4 is 28.0 Å². The number of hydrogen-bond donors (Lipinski definition) is 0. The normalized spacial score (nSPS) is 11.4. The van der Waals surface area contributed by atoms with Crippen LogP contribution in [-0.2, 0) is 0 Å². The first-order valence-corrected chi connectivity index (χ1v) is 9.54. The molecule has 0 unspecified atom stereocenters. The highest BCUT2D eigenvalue weighted by molar-refractivity contribution is 8.07. The van der Waals surface area contributed by atoms with Crippen molar-refractivity contribution in [2.75, 3.05) is 6.26 Å². The van der Waals surface area contributed by atoms with Gasteiger partial charge in [0.25, 0.3) is 0 Å². The van der Waals surface area contributed by atoms with E-state index in [4.69, 9.17) is 4.52 Å². The molecule has 5 heteroatoms. The van der Waals surface area contributed by atoms with Gasteiger partial charge in [0.15, 0.2) is 0 Å². The van der Waals surface area contributed by atoms with Crippen LogP contribution >= 0.6 is 23.1 Å². The van der Waals surface area contributed by atoms with Crippen molar-refractivity contribution < 1.29 is 4.52 Å². The number of aryl methyl sites for hydroxylation is 1. The first-order chi connectivity index (χ1) is 11.7. The van der Waals surface area contributed by atoms with Crippen molar-refractivity contribution in [3.63, 3.8) is 0 Å². The molecule has 124 valence electrons. The highest BCUT2D eigenvalue weighted by Crippen LogP contribution is 2.25. The van der Waals surface area contributed by atoms with E-state index in [2.05, 4.69) is 29.2 Å². The maximum absolute atomic E-state index is 4.75.